The maximum atomic E-state index is 13.5. The van der Waals surface area contributed by atoms with Gasteiger partial charge >= 0.3 is 0 Å². The Morgan fingerprint density at radius 1 is 1.08 bits per heavy atom. The van der Waals surface area contributed by atoms with Crippen molar-refractivity contribution in [3.63, 3.8) is 0 Å². The third kappa shape index (κ3) is 7.11. The first-order valence-corrected chi connectivity index (χ1v) is 16.7. The zero-order valence-corrected chi connectivity index (χ0v) is 26.8. The van der Waals surface area contributed by atoms with Crippen LogP contribution in [0.1, 0.15) is 23.7 Å². The fraction of sp³-hybridized carbons (Fsp3) is 0.265. The number of aliphatic hydroxyl groups excluding tert-OH is 1. The second-order valence-electron chi connectivity index (χ2n) is 11.0. The summed E-state index contributed by atoms with van der Waals surface area (Å²) in [5.41, 5.74) is 2.09. The SMILES string of the molecule is COc1ccc(S(=O)(=O)N(CCO)CCOC2CC(c3coc4ccccc4c3=O)C=C(C(=O)NCc3nc4ccccc4[nH]3)O2)cc1. The minimum Gasteiger partial charge on any atom is -0.497 e. The molecule has 250 valence electrons. The topological polar surface area (TPSA) is 173 Å². The number of sulfonamides is 1. The number of carbonyl (C=O) groups excluding carboxylic acids is 1. The third-order valence-corrected chi connectivity index (χ3v) is 9.85. The maximum absolute atomic E-state index is 13.5. The lowest BCUT2D eigenvalue weighted by atomic mass is 9.93. The second kappa shape index (κ2) is 14.4. The summed E-state index contributed by atoms with van der Waals surface area (Å²) < 4.78 is 50.6. The number of allylic oxidation sites excluding steroid dienone is 1. The molecule has 13 nitrogen and oxygen atoms in total. The van der Waals surface area contributed by atoms with Gasteiger partial charge in [-0.25, -0.2) is 13.4 Å². The Balaban J connectivity index is 1.20. The number of imidazole rings is 1. The van der Waals surface area contributed by atoms with Crippen LogP contribution in [0.2, 0.25) is 0 Å². The molecule has 0 fully saturated rings. The number of aliphatic hydroxyl groups is 1. The summed E-state index contributed by atoms with van der Waals surface area (Å²) >= 11 is 0. The largest absolute Gasteiger partial charge is 0.497 e. The fourth-order valence-corrected chi connectivity index (χ4v) is 6.89. The van der Waals surface area contributed by atoms with Crippen LogP contribution >= 0.6 is 0 Å². The van der Waals surface area contributed by atoms with Gasteiger partial charge in [0.05, 0.1) is 54.4 Å². The zero-order chi connectivity index (χ0) is 33.7. The summed E-state index contributed by atoms with van der Waals surface area (Å²) in [5, 5.41) is 12.8. The molecule has 48 heavy (non-hydrogen) atoms. The predicted octanol–water partition coefficient (Wildman–Crippen LogP) is 3.41. The van der Waals surface area contributed by atoms with Gasteiger partial charge in [0.2, 0.25) is 16.3 Å². The van der Waals surface area contributed by atoms with E-state index >= 15 is 0 Å². The standard InChI is InChI=1S/C34H34N4O9S/c1-44-23-10-12-24(13-11-23)48(42,43)38(14-16-39)15-17-45-32-19-22(26-21-46-29-9-5-2-6-25(29)33(26)40)18-30(47-32)34(41)35-20-31-36-27-7-3-4-8-28(27)37-31/h2-13,18,21-22,32,39H,14-17,19-20H2,1H3,(H,35,41)(H,36,37). The second-order valence-corrected chi connectivity index (χ2v) is 12.9. The van der Waals surface area contributed by atoms with Gasteiger partial charge < -0.3 is 34.0 Å². The highest BCUT2D eigenvalue weighted by Crippen LogP contribution is 2.31. The van der Waals surface area contributed by atoms with Gasteiger partial charge in [-0.15, -0.1) is 0 Å². The number of aromatic amines is 1. The lowest BCUT2D eigenvalue weighted by Crippen LogP contribution is -2.38. The molecule has 0 spiro atoms. The van der Waals surface area contributed by atoms with Crippen molar-refractivity contribution in [2.75, 3.05) is 33.4 Å². The van der Waals surface area contributed by atoms with Crippen LogP contribution in [0.15, 0.2) is 105 Å². The highest BCUT2D eigenvalue weighted by atomic mass is 32.2. The third-order valence-electron chi connectivity index (χ3n) is 7.93. The monoisotopic (exact) mass is 674 g/mol. The summed E-state index contributed by atoms with van der Waals surface area (Å²) in [7, 11) is -2.50. The van der Waals surface area contributed by atoms with Crippen molar-refractivity contribution in [1.82, 2.24) is 19.6 Å². The Morgan fingerprint density at radius 2 is 1.85 bits per heavy atom. The average Bonchev–Trinajstić information content (AvgIpc) is 3.53. The summed E-state index contributed by atoms with van der Waals surface area (Å²) in [6.45, 7) is -0.740. The van der Waals surface area contributed by atoms with E-state index in [-0.39, 0.29) is 48.7 Å². The highest BCUT2D eigenvalue weighted by molar-refractivity contribution is 7.89. The van der Waals surface area contributed by atoms with Crippen molar-refractivity contribution in [1.29, 1.82) is 0 Å². The number of hydrogen-bond donors (Lipinski definition) is 3. The molecule has 14 heteroatoms. The van der Waals surface area contributed by atoms with Crippen LogP contribution in [0, 0.1) is 0 Å². The van der Waals surface area contributed by atoms with Crippen LogP contribution in [0.25, 0.3) is 22.0 Å². The van der Waals surface area contributed by atoms with E-state index in [1.54, 1.807) is 30.3 Å². The molecule has 3 aromatic carbocycles. The van der Waals surface area contributed by atoms with E-state index < -0.39 is 34.7 Å². The molecule has 3 N–H and O–H groups in total. The number of fused-ring (bicyclic) bond motifs is 2. The number of nitrogens with one attached hydrogen (secondary N) is 2. The molecule has 0 radical (unpaired) electrons. The van der Waals surface area contributed by atoms with Gasteiger partial charge in [0.25, 0.3) is 5.91 Å². The van der Waals surface area contributed by atoms with E-state index in [0.29, 0.717) is 28.1 Å². The maximum Gasteiger partial charge on any atom is 0.286 e. The van der Waals surface area contributed by atoms with Gasteiger partial charge in [-0.1, -0.05) is 24.3 Å². The Morgan fingerprint density at radius 3 is 2.62 bits per heavy atom. The number of carbonyl (C=O) groups is 1. The zero-order valence-electron chi connectivity index (χ0n) is 26.0. The molecule has 0 saturated heterocycles. The Kier molecular flexibility index (Phi) is 9.87. The molecule has 2 atom stereocenters. The molecule has 6 rings (SSSR count). The summed E-state index contributed by atoms with van der Waals surface area (Å²) in [4.78, 5) is 34.5. The summed E-state index contributed by atoms with van der Waals surface area (Å²) in [6, 6.07) is 20.3. The minimum atomic E-state index is -3.98. The number of methoxy groups -OCH3 is 1. The van der Waals surface area contributed by atoms with Crippen molar-refractivity contribution >= 4 is 37.9 Å². The Bertz CT molecular complexity index is 2080. The average molecular weight is 675 g/mol. The quantitative estimate of drug-likeness (QED) is 0.168. The van der Waals surface area contributed by atoms with Crippen LogP contribution in [0.3, 0.4) is 0 Å². The molecule has 1 aliphatic heterocycles. The number of aromatic nitrogens is 2. The number of para-hydroxylation sites is 3. The van der Waals surface area contributed by atoms with Crippen molar-refractivity contribution < 1.29 is 36.9 Å². The van der Waals surface area contributed by atoms with E-state index in [1.165, 1.54) is 37.6 Å². The fourth-order valence-electron chi connectivity index (χ4n) is 5.47. The van der Waals surface area contributed by atoms with E-state index in [2.05, 4.69) is 15.3 Å². The molecule has 0 saturated carbocycles. The molecular weight excluding hydrogens is 640 g/mol. The van der Waals surface area contributed by atoms with Gasteiger partial charge in [0.15, 0.2) is 11.2 Å². The van der Waals surface area contributed by atoms with Crippen molar-refractivity contribution in [3.05, 3.63) is 113 Å². The van der Waals surface area contributed by atoms with Crippen molar-refractivity contribution in [3.8, 4) is 5.75 Å². The number of H-pyrrole nitrogens is 1. The summed E-state index contributed by atoms with van der Waals surface area (Å²) in [6.07, 6.45) is 2.07. The van der Waals surface area contributed by atoms with Crippen LogP contribution < -0.4 is 15.5 Å². The molecule has 2 unspecified atom stereocenters. The first-order valence-electron chi connectivity index (χ1n) is 15.2. The van der Waals surface area contributed by atoms with Crippen molar-refractivity contribution in [2.45, 2.75) is 30.1 Å². The molecular formula is C34H34N4O9S. The summed E-state index contributed by atoms with van der Waals surface area (Å²) in [5.74, 6) is -0.197. The highest BCUT2D eigenvalue weighted by Gasteiger charge is 2.32. The minimum absolute atomic E-state index is 0.0279. The van der Waals surface area contributed by atoms with Gasteiger partial charge in [-0.05, 0) is 54.6 Å². The molecule has 3 heterocycles. The van der Waals surface area contributed by atoms with E-state index in [9.17, 15) is 23.1 Å². The van der Waals surface area contributed by atoms with Gasteiger partial charge in [0, 0.05) is 31.0 Å². The molecule has 5 aromatic rings. The first-order chi connectivity index (χ1) is 23.3. The first kappa shape index (κ1) is 32.9. The molecule has 0 bridgehead atoms. The van der Waals surface area contributed by atoms with Crippen LogP contribution in [-0.4, -0.2) is 73.4 Å². The van der Waals surface area contributed by atoms with E-state index in [0.717, 1.165) is 15.3 Å². The predicted molar refractivity (Wildman–Crippen MR) is 176 cm³/mol. The lowest BCUT2D eigenvalue weighted by Gasteiger charge is -2.29. The molecule has 1 amide bonds. The smallest absolute Gasteiger partial charge is 0.286 e. The van der Waals surface area contributed by atoms with Crippen LogP contribution in [-0.2, 0) is 30.8 Å². The number of benzene rings is 3. The number of rotatable bonds is 13. The van der Waals surface area contributed by atoms with Gasteiger partial charge in [-0.2, -0.15) is 4.31 Å². The van der Waals surface area contributed by atoms with Crippen LogP contribution in [0.5, 0.6) is 5.75 Å². The van der Waals surface area contributed by atoms with Crippen molar-refractivity contribution in [2.24, 2.45) is 0 Å². The number of ether oxygens (including phenoxy) is 3. The van der Waals surface area contributed by atoms with Gasteiger partial charge in [0.1, 0.15) is 17.2 Å². The number of hydrogen-bond acceptors (Lipinski definition) is 10. The lowest BCUT2D eigenvalue weighted by molar-refractivity contribution is -0.146. The normalized spacial score (nSPS) is 16.5. The number of amides is 1. The molecule has 1 aliphatic rings. The Hall–Kier alpha value is -5.02. The van der Waals surface area contributed by atoms with Crippen LogP contribution in [0.4, 0.5) is 0 Å². The van der Waals surface area contributed by atoms with E-state index in [4.69, 9.17) is 18.6 Å². The molecule has 0 aliphatic carbocycles. The van der Waals surface area contributed by atoms with E-state index in [1.807, 2.05) is 24.3 Å². The Labute approximate surface area is 275 Å². The number of nitrogens with zero attached hydrogens (tertiary/aromatic N) is 2. The molecule has 2 aromatic heterocycles. The van der Waals surface area contributed by atoms with Gasteiger partial charge in [-0.3, -0.25) is 9.59 Å².